The van der Waals surface area contributed by atoms with Crippen molar-refractivity contribution in [3.63, 3.8) is 0 Å². The lowest BCUT2D eigenvalue weighted by molar-refractivity contribution is -0.139. The number of hydrogen-bond donors (Lipinski definition) is 2. The van der Waals surface area contributed by atoms with Gasteiger partial charge in [0.25, 0.3) is 0 Å². The van der Waals surface area contributed by atoms with Crippen LogP contribution >= 0.6 is 11.8 Å². The quantitative estimate of drug-likeness (QED) is 0.791. The van der Waals surface area contributed by atoms with E-state index < -0.39 is 16.8 Å². The molecule has 0 spiro atoms. The fraction of sp³-hybridized carbons (Fsp3) is 0.636. The number of thioether (sulfide) groups is 1. The molecule has 0 amide bonds. The zero-order chi connectivity index (χ0) is 13.1. The molecule has 6 heteroatoms. The third-order valence-electron chi connectivity index (χ3n) is 2.64. The molecule has 0 radical (unpaired) electrons. The van der Waals surface area contributed by atoms with Crippen LogP contribution in [0.5, 0.6) is 0 Å². The van der Waals surface area contributed by atoms with E-state index in [0.717, 1.165) is 17.7 Å². The van der Waals surface area contributed by atoms with Crippen LogP contribution in [0.4, 0.5) is 0 Å². The molecular weight excluding hydrogens is 238 g/mol. The van der Waals surface area contributed by atoms with Crippen LogP contribution in [0.25, 0.3) is 0 Å². The van der Waals surface area contributed by atoms with E-state index in [1.807, 2.05) is 33.3 Å². The smallest absolute Gasteiger partial charge is 0.321 e. The Morgan fingerprint density at radius 2 is 2.35 bits per heavy atom. The Hall–Kier alpha value is -1.01. The van der Waals surface area contributed by atoms with Gasteiger partial charge in [-0.2, -0.15) is 16.9 Å². The predicted octanol–water partition coefficient (Wildman–Crippen LogP) is 0.886. The minimum atomic E-state index is -0.955. The molecule has 0 unspecified atom stereocenters. The molecule has 3 N–H and O–H groups in total. The van der Waals surface area contributed by atoms with Crippen molar-refractivity contribution in [3.8, 4) is 0 Å². The van der Waals surface area contributed by atoms with E-state index in [1.165, 1.54) is 0 Å². The summed E-state index contributed by atoms with van der Waals surface area (Å²) in [6.07, 6.45) is 4.66. The molecule has 0 fully saturated rings. The highest BCUT2D eigenvalue weighted by molar-refractivity contribution is 8.00. The van der Waals surface area contributed by atoms with Gasteiger partial charge in [-0.05, 0) is 31.6 Å². The van der Waals surface area contributed by atoms with Gasteiger partial charge in [-0.15, -0.1) is 0 Å². The van der Waals surface area contributed by atoms with Crippen molar-refractivity contribution in [3.05, 3.63) is 18.0 Å². The molecule has 1 aromatic heterocycles. The summed E-state index contributed by atoms with van der Waals surface area (Å²) in [5, 5.41) is 13.0. The normalized spacial score (nSPS) is 13.6. The van der Waals surface area contributed by atoms with Gasteiger partial charge < -0.3 is 10.8 Å². The Morgan fingerprint density at radius 3 is 2.82 bits per heavy atom. The number of carboxylic acids is 1. The average Bonchev–Trinajstić information content (AvgIpc) is 2.62. The highest BCUT2D eigenvalue weighted by atomic mass is 32.2. The molecule has 96 valence electrons. The van der Waals surface area contributed by atoms with Gasteiger partial charge >= 0.3 is 5.97 Å². The van der Waals surface area contributed by atoms with E-state index in [1.54, 1.807) is 16.4 Å². The fourth-order valence-electron chi connectivity index (χ4n) is 1.42. The van der Waals surface area contributed by atoms with Crippen LogP contribution in [-0.4, -0.2) is 37.4 Å². The van der Waals surface area contributed by atoms with Crippen molar-refractivity contribution < 1.29 is 9.90 Å². The molecule has 0 saturated carbocycles. The van der Waals surface area contributed by atoms with Crippen LogP contribution in [-0.2, 0) is 18.3 Å². The number of carboxylic acid groups (broad SMARTS) is 1. The van der Waals surface area contributed by atoms with Crippen LogP contribution in [0, 0.1) is 0 Å². The topological polar surface area (TPSA) is 81.1 Å². The first-order chi connectivity index (χ1) is 7.83. The summed E-state index contributed by atoms with van der Waals surface area (Å²) in [5.74, 6) is -0.122. The van der Waals surface area contributed by atoms with Crippen molar-refractivity contribution in [2.45, 2.75) is 31.1 Å². The maximum atomic E-state index is 10.8. The molecule has 0 bridgehead atoms. The van der Waals surface area contributed by atoms with Crippen molar-refractivity contribution in [2.24, 2.45) is 12.8 Å². The first-order valence-corrected chi connectivity index (χ1v) is 6.41. The molecule has 1 atom stereocenters. The highest BCUT2D eigenvalue weighted by Crippen LogP contribution is 2.28. The summed E-state index contributed by atoms with van der Waals surface area (Å²) in [5.41, 5.74) is 6.79. The second kappa shape index (κ2) is 5.55. The lowest BCUT2D eigenvalue weighted by Gasteiger charge is -2.27. The zero-order valence-corrected chi connectivity index (χ0v) is 11.2. The Bertz CT molecular complexity index is 390. The Labute approximate surface area is 105 Å². The van der Waals surface area contributed by atoms with Gasteiger partial charge in [0.1, 0.15) is 6.04 Å². The van der Waals surface area contributed by atoms with Gasteiger partial charge in [-0.25, -0.2) is 0 Å². The van der Waals surface area contributed by atoms with E-state index in [2.05, 4.69) is 5.10 Å². The second-order valence-electron chi connectivity index (χ2n) is 4.54. The predicted molar refractivity (Wildman–Crippen MR) is 69.1 cm³/mol. The summed E-state index contributed by atoms with van der Waals surface area (Å²) in [6, 6.07) is -0.846. The molecule has 1 heterocycles. The maximum Gasteiger partial charge on any atom is 0.321 e. The monoisotopic (exact) mass is 257 g/mol. The Balaban J connectivity index is 2.42. The summed E-state index contributed by atoms with van der Waals surface area (Å²) in [7, 11) is 1.88. The maximum absolute atomic E-state index is 10.8. The standard InChI is InChI=1S/C11H19N3O2S/c1-11(2,9(12)10(15)16)17-5-4-8-6-13-14(3)7-8/h6-7,9H,4-5,12H2,1-3H3,(H,15,16)/t9-/m0/s1. The zero-order valence-electron chi connectivity index (χ0n) is 10.4. The SMILES string of the molecule is Cn1cc(CCSC(C)(C)[C@@H](N)C(=O)O)cn1. The number of aliphatic carboxylic acids is 1. The molecule has 1 rings (SSSR count). The lowest BCUT2D eigenvalue weighted by atomic mass is 10.1. The van der Waals surface area contributed by atoms with Crippen LogP contribution in [0.2, 0.25) is 0 Å². The second-order valence-corrected chi connectivity index (χ2v) is 6.29. The molecule has 5 nitrogen and oxygen atoms in total. The minimum Gasteiger partial charge on any atom is -0.480 e. The Morgan fingerprint density at radius 1 is 1.71 bits per heavy atom. The molecule has 1 aromatic rings. The number of aromatic nitrogens is 2. The number of hydrogen-bond acceptors (Lipinski definition) is 4. The summed E-state index contributed by atoms with van der Waals surface area (Å²) >= 11 is 1.58. The van der Waals surface area contributed by atoms with Crippen molar-refractivity contribution in [2.75, 3.05) is 5.75 Å². The number of nitrogens with two attached hydrogens (primary N) is 1. The van der Waals surface area contributed by atoms with Gasteiger partial charge in [0.15, 0.2) is 0 Å². The first kappa shape index (κ1) is 14.1. The number of carbonyl (C=O) groups is 1. The fourth-order valence-corrected chi connectivity index (χ4v) is 2.56. The summed E-state index contributed by atoms with van der Waals surface area (Å²) in [4.78, 5) is 10.8. The van der Waals surface area contributed by atoms with Crippen molar-refractivity contribution >= 4 is 17.7 Å². The van der Waals surface area contributed by atoms with Crippen LogP contribution in [0.1, 0.15) is 19.4 Å². The average molecular weight is 257 g/mol. The molecular formula is C11H19N3O2S. The largest absolute Gasteiger partial charge is 0.480 e. The molecule has 17 heavy (non-hydrogen) atoms. The molecule has 0 aliphatic heterocycles. The molecule has 0 saturated heterocycles. The Kier molecular flexibility index (Phi) is 4.59. The summed E-state index contributed by atoms with van der Waals surface area (Å²) in [6.45, 7) is 3.72. The van der Waals surface area contributed by atoms with E-state index >= 15 is 0 Å². The van der Waals surface area contributed by atoms with Gasteiger partial charge in [-0.3, -0.25) is 9.48 Å². The van der Waals surface area contributed by atoms with Gasteiger partial charge in [0, 0.05) is 18.0 Å². The highest BCUT2D eigenvalue weighted by Gasteiger charge is 2.32. The first-order valence-electron chi connectivity index (χ1n) is 5.43. The molecule has 0 aliphatic rings. The number of nitrogens with zero attached hydrogens (tertiary/aromatic N) is 2. The third kappa shape index (κ3) is 4.05. The third-order valence-corrected chi connectivity index (χ3v) is 4.04. The van der Waals surface area contributed by atoms with Crippen molar-refractivity contribution in [1.82, 2.24) is 9.78 Å². The van der Waals surface area contributed by atoms with Crippen LogP contribution in [0.15, 0.2) is 12.4 Å². The molecule has 0 aromatic carbocycles. The van der Waals surface area contributed by atoms with E-state index in [9.17, 15) is 4.79 Å². The van der Waals surface area contributed by atoms with E-state index in [-0.39, 0.29) is 0 Å². The lowest BCUT2D eigenvalue weighted by Crippen LogP contribution is -2.46. The summed E-state index contributed by atoms with van der Waals surface area (Å²) < 4.78 is 1.29. The number of rotatable bonds is 6. The van der Waals surface area contributed by atoms with E-state index in [0.29, 0.717) is 0 Å². The van der Waals surface area contributed by atoms with Crippen molar-refractivity contribution in [1.29, 1.82) is 0 Å². The van der Waals surface area contributed by atoms with Crippen LogP contribution in [0.3, 0.4) is 0 Å². The van der Waals surface area contributed by atoms with Crippen LogP contribution < -0.4 is 5.73 Å². The van der Waals surface area contributed by atoms with E-state index in [4.69, 9.17) is 10.8 Å². The van der Waals surface area contributed by atoms with Gasteiger partial charge in [0.2, 0.25) is 0 Å². The van der Waals surface area contributed by atoms with Gasteiger partial charge in [0.05, 0.1) is 6.20 Å². The van der Waals surface area contributed by atoms with Gasteiger partial charge in [-0.1, -0.05) is 0 Å². The minimum absolute atomic E-state index is 0.464. The molecule has 0 aliphatic carbocycles. The number of aryl methyl sites for hydroxylation is 2.